The number of pyridine rings is 1. The summed E-state index contributed by atoms with van der Waals surface area (Å²) in [5.74, 6) is 2.17. The van der Waals surface area contributed by atoms with Gasteiger partial charge in [-0.05, 0) is 25.0 Å². The zero-order chi connectivity index (χ0) is 21.8. The van der Waals surface area contributed by atoms with E-state index in [0.717, 1.165) is 44.1 Å². The van der Waals surface area contributed by atoms with E-state index in [1.54, 1.807) is 23.9 Å². The molecule has 0 spiro atoms. The van der Waals surface area contributed by atoms with Crippen LogP contribution < -0.4 is 5.32 Å². The summed E-state index contributed by atoms with van der Waals surface area (Å²) in [6.45, 7) is 5.66. The molecule has 3 fully saturated rings. The molecule has 0 aliphatic carbocycles. The molecule has 1 aromatic heterocycles. The van der Waals surface area contributed by atoms with E-state index < -0.39 is 0 Å². The number of nitriles is 1. The van der Waals surface area contributed by atoms with Gasteiger partial charge in [-0.25, -0.2) is 9.99 Å². The maximum Gasteiger partial charge on any atom is 0.239 e. The highest BCUT2D eigenvalue weighted by Gasteiger charge is 2.45. The number of amides is 1. The van der Waals surface area contributed by atoms with E-state index in [4.69, 9.17) is 16.4 Å². The number of likely N-dealkylation sites (tertiary alicyclic amines) is 1. The first-order chi connectivity index (χ1) is 15.1. The number of thioether (sulfide) groups is 1. The molecule has 2 atom stereocenters. The van der Waals surface area contributed by atoms with Crippen molar-refractivity contribution < 1.29 is 9.63 Å². The smallest absolute Gasteiger partial charge is 0.239 e. The van der Waals surface area contributed by atoms with Crippen molar-refractivity contribution in [3.05, 3.63) is 23.4 Å². The summed E-state index contributed by atoms with van der Waals surface area (Å²) in [6.07, 6.45) is 3.58. The number of anilines is 1. The van der Waals surface area contributed by atoms with Gasteiger partial charge in [-0.3, -0.25) is 19.4 Å². The fourth-order valence-corrected chi connectivity index (χ4v) is 5.58. The maximum absolute atomic E-state index is 12.4. The van der Waals surface area contributed by atoms with Crippen molar-refractivity contribution in [1.82, 2.24) is 25.0 Å². The van der Waals surface area contributed by atoms with Gasteiger partial charge >= 0.3 is 0 Å². The van der Waals surface area contributed by atoms with Gasteiger partial charge in [-0.2, -0.15) is 5.26 Å². The van der Waals surface area contributed by atoms with E-state index in [9.17, 15) is 10.1 Å². The second-order valence-electron chi connectivity index (χ2n) is 7.91. The summed E-state index contributed by atoms with van der Waals surface area (Å²) in [4.78, 5) is 26.7. The van der Waals surface area contributed by atoms with Gasteiger partial charge in [0.2, 0.25) is 5.91 Å². The Morgan fingerprint density at radius 2 is 2.09 bits per heavy atom. The SMILES string of the molecule is CCN(C1CCN(CC(=O)Nc2ccc(Cl)cn2)CC1)N1OCC1N1CSCC1C#N.Cl.Cl.Cl. The molecule has 1 aromatic rings. The molecule has 34 heavy (non-hydrogen) atoms. The number of hydrogen-bond acceptors (Lipinski definition) is 9. The van der Waals surface area contributed by atoms with Crippen molar-refractivity contribution in [2.75, 3.05) is 49.7 Å². The Balaban J connectivity index is 0.00000193. The number of carbonyl (C=O) groups is 1. The van der Waals surface area contributed by atoms with Gasteiger partial charge < -0.3 is 5.32 Å². The normalized spacial score (nSPS) is 23.7. The zero-order valence-electron chi connectivity index (χ0n) is 18.8. The molecule has 0 aromatic carbocycles. The third-order valence-corrected chi connectivity index (χ3v) is 7.23. The largest absolute Gasteiger partial charge is 0.310 e. The monoisotopic (exact) mass is 573 g/mol. The van der Waals surface area contributed by atoms with E-state index in [2.05, 4.69) is 38.1 Å². The van der Waals surface area contributed by atoms with Crippen LogP contribution in [0.2, 0.25) is 5.02 Å². The number of aromatic nitrogens is 1. The molecule has 9 nitrogen and oxygen atoms in total. The molecule has 4 rings (SSSR count). The zero-order valence-corrected chi connectivity index (χ0v) is 22.9. The Labute approximate surface area is 228 Å². The number of rotatable bonds is 7. The van der Waals surface area contributed by atoms with Crippen LogP contribution in [0.4, 0.5) is 5.82 Å². The Bertz CT molecular complexity index is 811. The van der Waals surface area contributed by atoms with Crippen LogP contribution in [-0.2, 0) is 9.63 Å². The summed E-state index contributed by atoms with van der Waals surface area (Å²) in [5, 5.41) is 17.1. The molecule has 1 amide bonds. The number of nitrogens with zero attached hydrogens (tertiary/aromatic N) is 6. The van der Waals surface area contributed by atoms with Crippen LogP contribution in [0.1, 0.15) is 19.8 Å². The number of hydrogen-bond donors (Lipinski definition) is 1. The quantitative estimate of drug-likeness (QED) is 0.527. The summed E-state index contributed by atoms with van der Waals surface area (Å²) in [7, 11) is 0. The second kappa shape index (κ2) is 14.9. The van der Waals surface area contributed by atoms with Crippen LogP contribution in [0, 0.1) is 11.3 Å². The third-order valence-electron chi connectivity index (χ3n) is 5.98. The van der Waals surface area contributed by atoms with Crippen molar-refractivity contribution in [3.63, 3.8) is 0 Å². The molecule has 14 heteroatoms. The molecule has 3 saturated heterocycles. The maximum atomic E-state index is 12.4. The van der Waals surface area contributed by atoms with E-state index in [1.807, 2.05) is 5.17 Å². The summed E-state index contributed by atoms with van der Waals surface area (Å²) in [6, 6.07) is 6.14. The van der Waals surface area contributed by atoms with Crippen LogP contribution in [0.3, 0.4) is 0 Å². The first-order valence-electron chi connectivity index (χ1n) is 10.6. The van der Waals surface area contributed by atoms with Crippen molar-refractivity contribution in [2.45, 2.75) is 38.0 Å². The molecule has 3 aliphatic heterocycles. The topological polar surface area (TPSA) is 88.0 Å². The molecular weight excluding hydrogens is 544 g/mol. The summed E-state index contributed by atoms with van der Waals surface area (Å²) >= 11 is 7.64. The van der Waals surface area contributed by atoms with Crippen molar-refractivity contribution in [1.29, 1.82) is 5.26 Å². The molecular formula is C20H31Cl4N7O2S. The predicted molar refractivity (Wildman–Crippen MR) is 142 cm³/mol. The Hall–Kier alpha value is -0.580. The molecule has 4 heterocycles. The second-order valence-corrected chi connectivity index (χ2v) is 9.35. The fourth-order valence-electron chi connectivity index (χ4n) is 4.31. The predicted octanol–water partition coefficient (Wildman–Crippen LogP) is 3.11. The minimum Gasteiger partial charge on any atom is -0.310 e. The van der Waals surface area contributed by atoms with Crippen molar-refractivity contribution in [2.24, 2.45) is 0 Å². The number of carbonyl (C=O) groups excluding carboxylic acids is 1. The van der Waals surface area contributed by atoms with Crippen molar-refractivity contribution in [3.8, 4) is 6.07 Å². The summed E-state index contributed by atoms with van der Waals surface area (Å²) < 4.78 is 0. The number of hydrazine groups is 1. The lowest BCUT2D eigenvalue weighted by molar-refractivity contribution is -0.424. The van der Waals surface area contributed by atoms with Gasteiger partial charge in [0, 0.05) is 43.5 Å². The summed E-state index contributed by atoms with van der Waals surface area (Å²) in [5.41, 5.74) is 0. The minimum atomic E-state index is -0.0687. The average molecular weight is 575 g/mol. The fraction of sp³-hybridized carbons (Fsp3) is 0.650. The Morgan fingerprint density at radius 1 is 1.35 bits per heavy atom. The van der Waals surface area contributed by atoms with Crippen LogP contribution in [-0.4, -0.2) is 93.5 Å². The third kappa shape index (κ3) is 7.46. The Kier molecular flexibility index (Phi) is 13.7. The van der Waals surface area contributed by atoms with Crippen molar-refractivity contribution >= 4 is 72.3 Å². The van der Waals surface area contributed by atoms with Gasteiger partial charge in [0.15, 0.2) is 0 Å². The number of piperidine rings is 1. The standard InChI is InChI=1S/C20H28ClN7O2S.3ClH/c1-2-27(28-20(12-30-28)26-14-31-13-17(26)9-22)16-5-7-25(8-6-16)11-19(29)24-18-4-3-15(21)10-23-18;;;/h3-4,10,16-17,20H,2,5-8,11-14H2,1H3,(H,23,24,29);3*1H. The van der Waals surface area contributed by atoms with Crippen LogP contribution in [0.25, 0.3) is 0 Å². The first kappa shape index (κ1) is 31.4. The molecule has 0 bridgehead atoms. The molecule has 2 unspecified atom stereocenters. The lowest BCUT2D eigenvalue weighted by atomic mass is 10.0. The lowest BCUT2D eigenvalue weighted by Gasteiger charge is -2.52. The van der Waals surface area contributed by atoms with E-state index in [0.29, 0.717) is 30.0 Å². The van der Waals surface area contributed by atoms with Crippen LogP contribution >= 0.6 is 60.6 Å². The van der Waals surface area contributed by atoms with E-state index >= 15 is 0 Å². The van der Waals surface area contributed by atoms with Gasteiger partial charge in [0.25, 0.3) is 0 Å². The van der Waals surface area contributed by atoms with Gasteiger partial charge in [0.1, 0.15) is 24.6 Å². The molecule has 0 radical (unpaired) electrons. The Morgan fingerprint density at radius 3 is 2.65 bits per heavy atom. The van der Waals surface area contributed by atoms with Gasteiger partial charge in [-0.1, -0.05) is 18.5 Å². The molecule has 192 valence electrons. The van der Waals surface area contributed by atoms with Gasteiger partial charge in [0.05, 0.1) is 17.6 Å². The number of hydroxylamine groups is 1. The minimum absolute atomic E-state index is 0. The van der Waals surface area contributed by atoms with E-state index in [1.165, 1.54) is 6.20 Å². The van der Waals surface area contributed by atoms with E-state index in [-0.39, 0.29) is 55.3 Å². The first-order valence-corrected chi connectivity index (χ1v) is 12.2. The number of halogens is 4. The van der Waals surface area contributed by atoms with Crippen LogP contribution in [0.15, 0.2) is 18.3 Å². The number of nitrogens with one attached hydrogen (secondary N) is 1. The molecule has 0 saturated carbocycles. The highest BCUT2D eigenvalue weighted by Crippen LogP contribution is 2.31. The molecule has 3 aliphatic rings. The highest BCUT2D eigenvalue weighted by atomic mass is 35.5. The average Bonchev–Trinajstić information content (AvgIpc) is 3.21. The lowest BCUT2D eigenvalue weighted by Crippen LogP contribution is -2.68. The highest BCUT2D eigenvalue weighted by molar-refractivity contribution is 7.99. The van der Waals surface area contributed by atoms with Crippen LogP contribution in [0.5, 0.6) is 0 Å². The molecule has 1 N–H and O–H groups in total. The van der Waals surface area contributed by atoms with Gasteiger partial charge in [-0.15, -0.1) is 54.2 Å².